The van der Waals surface area contributed by atoms with Gasteiger partial charge in [0.25, 0.3) is 0 Å². The van der Waals surface area contributed by atoms with Gasteiger partial charge in [-0.05, 0) is 42.9 Å². The fourth-order valence-corrected chi connectivity index (χ4v) is 4.68. The van der Waals surface area contributed by atoms with Gasteiger partial charge in [0, 0.05) is 18.1 Å². The number of anilines is 1. The van der Waals surface area contributed by atoms with Gasteiger partial charge in [0.05, 0.1) is 29.8 Å². The summed E-state index contributed by atoms with van der Waals surface area (Å²) >= 11 is 6.20. The van der Waals surface area contributed by atoms with E-state index in [9.17, 15) is 19.8 Å². The van der Waals surface area contributed by atoms with Crippen LogP contribution in [0.3, 0.4) is 0 Å². The first-order valence-corrected chi connectivity index (χ1v) is 11.4. The minimum Gasteiger partial charge on any atom is -0.496 e. The van der Waals surface area contributed by atoms with Crippen molar-refractivity contribution < 1.29 is 24.5 Å². The quantitative estimate of drug-likeness (QED) is 0.485. The van der Waals surface area contributed by atoms with E-state index in [2.05, 4.69) is 5.32 Å². The van der Waals surface area contributed by atoms with Crippen molar-refractivity contribution in [2.24, 2.45) is 0 Å². The van der Waals surface area contributed by atoms with Gasteiger partial charge >= 0.3 is 5.97 Å². The standard InChI is InChI=1S/C25H30ClNO5/c1-32-22-15-21(20(26)14-18(22)16-28)27-23(29)7-5-6-17-8-10-19(11-9-17)25(24(30)31)12-3-2-4-13-25/h8-11,14-15,28H,2-7,12-13,16H2,1H3,(H,27,29)(H,30,31). The van der Waals surface area contributed by atoms with Gasteiger partial charge in [-0.25, -0.2) is 0 Å². The number of aryl methyl sites for hydroxylation is 1. The van der Waals surface area contributed by atoms with Gasteiger partial charge in [-0.15, -0.1) is 0 Å². The maximum absolute atomic E-state index is 12.4. The molecular weight excluding hydrogens is 430 g/mol. The van der Waals surface area contributed by atoms with Crippen molar-refractivity contribution in [3.8, 4) is 5.75 Å². The van der Waals surface area contributed by atoms with Crippen LogP contribution in [0.2, 0.25) is 5.02 Å². The highest BCUT2D eigenvalue weighted by atomic mass is 35.5. The van der Waals surface area contributed by atoms with Crippen molar-refractivity contribution in [2.75, 3.05) is 12.4 Å². The number of ether oxygens (including phenoxy) is 1. The van der Waals surface area contributed by atoms with E-state index in [1.54, 1.807) is 12.1 Å². The Kier molecular flexibility index (Phi) is 8.15. The van der Waals surface area contributed by atoms with Crippen LogP contribution in [-0.4, -0.2) is 29.2 Å². The number of aliphatic hydroxyl groups is 1. The average Bonchev–Trinajstić information content (AvgIpc) is 2.80. The molecule has 7 heteroatoms. The Bertz CT molecular complexity index is 952. The summed E-state index contributed by atoms with van der Waals surface area (Å²) < 4.78 is 5.22. The molecule has 0 spiro atoms. The van der Waals surface area contributed by atoms with Crippen LogP contribution in [0.5, 0.6) is 5.75 Å². The number of benzene rings is 2. The molecule has 0 aromatic heterocycles. The molecule has 3 rings (SSSR count). The predicted molar refractivity (Wildman–Crippen MR) is 124 cm³/mol. The monoisotopic (exact) mass is 459 g/mol. The van der Waals surface area contributed by atoms with Crippen LogP contribution in [0.1, 0.15) is 61.6 Å². The van der Waals surface area contributed by atoms with Crippen LogP contribution in [0.4, 0.5) is 5.69 Å². The number of aliphatic hydroxyl groups excluding tert-OH is 1. The number of hydrogen-bond acceptors (Lipinski definition) is 4. The Morgan fingerprint density at radius 2 is 1.81 bits per heavy atom. The first-order chi connectivity index (χ1) is 15.4. The van der Waals surface area contributed by atoms with Gasteiger partial charge in [0.15, 0.2) is 0 Å². The summed E-state index contributed by atoms with van der Waals surface area (Å²) in [5.41, 5.74) is 2.19. The van der Waals surface area contributed by atoms with Crippen LogP contribution in [-0.2, 0) is 28.0 Å². The smallest absolute Gasteiger partial charge is 0.314 e. The van der Waals surface area contributed by atoms with Crippen molar-refractivity contribution in [3.05, 3.63) is 58.1 Å². The number of carbonyl (C=O) groups excluding carboxylic acids is 1. The van der Waals surface area contributed by atoms with Gasteiger partial charge in [-0.2, -0.15) is 0 Å². The molecule has 32 heavy (non-hydrogen) atoms. The van der Waals surface area contributed by atoms with Crippen LogP contribution in [0.25, 0.3) is 0 Å². The highest BCUT2D eigenvalue weighted by Gasteiger charge is 2.41. The van der Waals surface area contributed by atoms with Gasteiger partial charge in [0.1, 0.15) is 5.75 Å². The molecule has 1 aliphatic carbocycles. The third-order valence-electron chi connectivity index (χ3n) is 6.31. The van der Waals surface area contributed by atoms with Crippen molar-refractivity contribution in [3.63, 3.8) is 0 Å². The molecule has 6 nitrogen and oxygen atoms in total. The zero-order valence-corrected chi connectivity index (χ0v) is 19.1. The highest BCUT2D eigenvalue weighted by molar-refractivity contribution is 6.33. The minimum absolute atomic E-state index is 0.158. The van der Waals surface area contributed by atoms with E-state index in [0.29, 0.717) is 54.1 Å². The van der Waals surface area contributed by atoms with Crippen molar-refractivity contribution in [2.45, 2.75) is 63.4 Å². The Balaban J connectivity index is 1.55. The fourth-order valence-electron chi connectivity index (χ4n) is 4.44. The van der Waals surface area contributed by atoms with Gasteiger partial charge < -0.3 is 20.3 Å². The maximum atomic E-state index is 12.4. The zero-order chi connectivity index (χ0) is 23.1. The lowest BCUT2D eigenvalue weighted by molar-refractivity contribution is -0.145. The summed E-state index contributed by atoms with van der Waals surface area (Å²) in [7, 11) is 1.49. The molecule has 172 valence electrons. The van der Waals surface area contributed by atoms with E-state index in [0.717, 1.165) is 30.4 Å². The maximum Gasteiger partial charge on any atom is 0.314 e. The second-order valence-corrected chi connectivity index (χ2v) is 8.76. The lowest BCUT2D eigenvalue weighted by Crippen LogP contribution is -2.37. The molecule has 0 atom stereocenters. The third-order valence-corrected chi connectivity index (χ3v) is 6.62. The fraction of sp³-hybridized carbons (Fsp3) is 0.440. The number of carbonyl (C=O) groups is 2. The number of amides is 1. The zero-order valence-electron chi connectivity index (χ0n) is 18.3. The first-order valence-electron chi connectivity index (χ1n) is 11.0. The summed E-state index contributed by atoms with van der Waals surface area (Å²) in [6, 6.07) is 11.0. The van der Waals surface area contributed by atoms with E-state index in [4.69, 9.17) is 16.3 Å². The molecule has 1 amide bonds. The largest absolute Gasteiger partial charge is 0.496 e. The van der Waals surface area contributed by atoms with Crippen molar-refractivity contribution in [1.82, 2.24) is 0 Å². The Morgan fingerprint density at radius 1 is 1.12 bits per heavy atom. The Morgan fingerprint density at radius 3 is 2.41 bits per heavy atom. The molecular formula is C25H30ClNO5. The van der Waals surface area contributed by atoms with E-state index in [1.165, 1.54) is 7.11 Å². The molecule has 0 saturated heterocycles. The summed E-state index contributed by atoms with van der Waals surface area (Å²) in [6.07, 6.45) is 6.06. The van der Waals surface area contributed by atoms with Crippen LogP contribution in [0.15, 0.2) is 36.4 Å². The molecule has 1 saturated carbocycles. The summed E-state index contributed by atoms with van der Waals surface area (Å²) in [5, 5.41) is 22.3. The number of carboxylic acids is 1. The number of rotatable bonds is 9. The predicted octanol–water partition coefficient (Wildman–Crippen LogP) is 5.09. The molecule has 1 aliphatic rings. The highest BCUT2D eigenvalue weighted by Crippen LogP contribution is 2.40. The topological polar surface area (TPSA) is 95.9 Å². The lowest BCUT2D eigenvalue weighted by Gasteiger charge is -2.33. The second kappa shape index (κ2) is 10.8. The van der Waals surface area contributed by atoms with Crippen LogP contribution in [0, 0.1) is 0 Å². The molecule has 0 bridgehead atoms. The second-order valence-electron chi connectivity index (χ2n) is 8.35. The van der Waals surface area contributed by atoms with Gasteiger partial charge in [-0.3, -0.25) is 9.59 Å². The first kappa shape index (κ1) is 24.1. The summed E-state index contributed by atoms with van der Waals surface area (Å²) in [4.78, 5) is 24.3. The summed E-state index contributed by atoms with van der Waals surface area (Å²) in [5.74, 6) is -0.428. The third kappa shape index (κ3) is 5.43. The average molecular weight is 460 g/mol. The van der Waals surface area contributed by atoms with Gasteiger partial charge in [-0.1, -0.05) is 55.1 Å². The molecule has 2 aromatic rings. The number of carboxylic acid groups (broad SMARTS) is 1. The SMILES string of the molecule is COc1cc(NC(=O)CCCc2ccc(C3(C(=O)O)CCCCC3)cc2)c(Cl)cc1CO. The van der Waals surface area contributed by atoms with Crippen LogP contribution >= 0.6 is 11.6 Å². The number of aliphatic carboxylic acids is 1. The number of nitrogens with one attached hydrogen (secondary N) is 1. The van der Waals surface area contributed by atoms with E-state index in [-0.39, 0.29) is 12.5 Å². The number of methoxy groups -OCH3 is 1. The van der Waals surface area contributed by atoms with Gasteiger partial charge in [0.2, 0.25) is 5.91 Å². The summed E-state index contributed by atoms with van der Waals surface area (Å²) in [6.45, 7) is -0.205. The van der Waals surface area contributed by atoms with E-state index < -0.39 is 11.4 Å². The normalized spacial score (nSPS) is 15.2. The number of halogens is 1. The molecule has 2 aromatic carbocycles. The van der Waals surface area contributed by atoms with E-state index >= 15 is 0 Å². The Labute approximate surface area is 193 Å². The Hall–Kier alpha value is -2.57. The molecule has 0 aliphatic heterocycles. The van der Waals surface area contributed by atoms with Crippen molar-refractivity contribution >= 4 is 29.2 Å². The lowest BCUT2D eigenvalue weighted by atomic mass is 9.69. The molecule has 3 N–H and O–H groups in total. The molecule has 1 fully saturated rings. The molecule has 0 heterocycles. The van der Waals surface area contributed by atoms with E-state index in [1.807, 2.05) is 24.3 Å². The van der Waals surface area contributed by atoms with Crippen molar-refractivity contribution in [1.29, 1.82) is 0 Å². The molecule has 0 unspecified atom stereocenters. The minimum atomic E-state index is -0.761. The number of hydrogen-bond donors (Lipinski definition) is 3. The molecule has 0 radical (unpaired) electrons. The van der Waals surface area contributed by atoms with Crippen LogP contribution < -0.4 is 10.1 Å².